The third-order valence-electron chi connectivity index (χ3n) is 5.12. The van der Waals surface area contributed by atoms with Gasteiger partial charge >= 0.3 is 0 Å². The van der Waals surface area contributed by atoms with Crippen molar-refractivity contribution in [2.45, 2.75) is 13.5 Å². The maximum atomic E-state index is 12.7. The maximum absolute atomic E-state index is 12.7. The van der Waals surface area contributed by atoms with E-state index in [1.807, 2.05) is 54.6 Å². The van der Waals surface area contributed by atoms with E-state index < -0.39 is 0 Å². The zero-order valence-corrected chi connectivity index (χ0v) is 19.4. The molecule has 0 radical (unpaired) electrons. The molecule has 0 aliphatic heterocycles. The van der Waals surface area contributed by atoms with Crippen molar-refractivity contribution in [1.82, 2.24) is 15.3 Å². The van der Waals surface area contributed by atoms with Crippen molar-refractivity contribution in [2.24, 2.45) is 0 Å². The predicted molar refractivity (Wildman–Crippen MR) is 136 cm³/mol. The quantitative estimate of drug-likeness (QED) is 0.344. The Kier molecular flexibility index (Phi) is 7.32. The van der Waals surface area contributed by atoms with Gasteiger partial charge < -0.3 is 20.7 Å². The van der Waals surface area contributed by atoms with E-state index in [-0.39, 0.29) is 11.8 Å². The Labute approximate surface area is 203 Å². The molecule has 4 aromatic rings. The Morgan fingerprint density at radius 1 is 0.914 bits per heavy atom. The summed E-state index contributed by atoms with van der Waals surface area (Å²) >= 11 is 0. The second kappa shape index (κ2) is 10.9. The van der Waals surface area contributed by atoms with Crippen molar-refractivity contribution in [1.29, 1.82) is 0 Å². The molecular weight excluding hydrogens is 442 g/mol. The smallest absolute Gasteiger partial charge is 0.251 e. The molecule has 3 N–H and O–H groups in total. The Bertz CT molecular complexity index is 1340. The normalized spacial score (nSPS) is 10.3. The van der Waals surface area contributed by atoms with Gasteiger partial charge in [-0.1, -0.05) is 30.3 Å². The molecule has 35 heavy (non-hydrogen) atoms. The van der Waals surface area contributed by atoms with Crippen molar-refractivity contribution in [3.8, 4) is 17.0 Å². The molecule has 0 aliphatic rings. The molecule has 0 atom stereocenters. The number of aromatic nitrogens is 2. The number of ether oxygens (including phenoxy) is 1. The zero-order valence-electron chi connectivity index (χ0n) is 19.4. The van der Waals surface area contributed by atoms with Gasteiger partial charge in [0.1, 0.15) is 5.75 Å². The first kappa shape index (κ1) is 23.4. The molecule has 0 saturated heterocycles. The molecule has 3 aromatic carbocycles. The van der Waals surface area contributed by atoms with Crippen LogP contribution in [0.4, 0.5) is 17.3 Å². The average Bonchev–Trinajstić information content (AvgIpc) is 2.88. The van der Waals surface area contributed by atoms with Crippen molar-refractivity contribution in [3.05, 3.63) is 96.2 Å². The van der Waals surface area contributed by atoms with E-state index in [9.17, 15) is 9.59 Å². The van der Waals surface area contributed by atoms with Crippen molar-refractivity contribution < 1.29 is 14.3 Å². The number of nitrogens with one attached hydrogen (secondary N) is 3. The molecule has 0 fully saturated rings. The summed E-state index contributed by atoms with van der Waals surface area (Å²) in [7, 11) is 1.61. The number of anilines is 3. The van der Waals surface area contributed by atoms with Crippen LogP contribution in [-0.2, 0) is 11.3 Å². The summed E-state index contributed by atoms with van der Waals surface area (Å²) in [6.07, 6.45) is 1.66. The van der Waals surface area contributed by atoms with Gasteiger partial charge in [-0.05, 0) is 54.1 Å². The van der Waals surface area contributed by atoms with E-state index in [0.29, 0.717) is 23.7 Å². The van der Waals surface area contributed by atoms with Gasteiger partial charge in [0.05, 0.1) is 12.8 Å². The van der Waals surface area contributed by atoms with Crippen LogP contribution in [0.3, 0.4) is 0 Å². The third-order valence-corrected chi connectivity index (χ3v) is 5.12. The van der Waals surface area contributed by atoms with E-state index in [4.69, 9.17) is 4.74 Å². The highest BCUT2D eigenvalue weighted by atomic mass is 16.5. The summed E-state index contributed by atoms with van der Waals surface area (Å²) < 4.78 is 5.23. The Morgan fingerprint density at radius 3 is 2.49 bits per heavy atom. The first-order valence-electron chi connectivity index (χ1n) is 11.0. The average molecular weight is 468 g/mol. The summed E-state index contributed by atoms with van der Waals surface area (Å²) in [6, 6.07) is 23.9. The fourth-order valence-electron chi connectivity index (χ4n) is 3.44. The van der Waals surface area contributed by atoms with E-state index >= 15 is 0 Å². The van der Waals surface area contributed by atoms with E-state index in [1.54, 1.807) is 37.6 Å². The molecule has 0 saturated carbocycles. The number of hydrogen-bond acceptors (Lipinski definition) is 6. The molecule has 8 heteroatoms. The van der Waals surface area contributed by atoms with Crippen LogP contribution in [0.1, 0.15) is 22.8 Å². The molecule has 2 amide bonds. The van der Waals surface area contributed by atoms with Gasteiger partial charge in [0.2, 0.25) is 11.9 Å². The highest BCUT2D eigenvalue weighted by molar-refractivity contribution is 5.95. The van der Waals surface area contributed by atoms with Crippen LogP contribution >= 0.6 is 0 Å². The number of carbonyl (C=O) groups is 2. The molecule has 1 aromatic heterocycles. The lowest BCUT2D eigenvalue weighted by atomic mass is 10.1. The summed E-state index contributed by atoms with van der Waals surface area (Å²) in [5.74, 6) is 0.837. The fourth-order valence-corrected chi connectivity index (χ4v) is 3.44. The molecule has 4 rings (SSSR count). The second-order valence-electron chi connectivity index (χ2n) is 7.76. The van der Waals surface area contributed by atoms with E-state index in [1.165, 1.54) is 6.92 Å². The Balaban J connectivity index is 1.42. The Morgan fingerprint density at radius 2 is 1.71 bits per heavy atom. The van der Waals surface area contributed by atoms with Gasteiger partial charge in [-0.3, -0.25) is 9.59 Å². The molecule has 8 nitrogen and oxygen atoms in total. The highest BCUT2D eigenvalue weighted by Crippen LogP contribution is 2.22. The summed E-state index contributed by atoms with van der Waals surface area (Å²) in [5.41, 5.74) is 4.48. The van der Waals surface area contributed by atoms with Gasteiger partial charge in [-0.25, -0.2) is 9.97 Å². The number of methoxy groups -OCH3 is 1. The lowest BCUT2D eigenvalue weighted by Gasteiger charge is -2.10. The highest BCUT2D eigenvalue weighted by Gasteiger charge is 2.08. The van der Waals surface area contributed by atoms with Crippen molar-refractivity contribution in [3.63, 3.8) is 0 Å². The van der Waals surface area contributed by atoms with Crippen LogP contribution in [0.15, 0.2) is 85.1 Å². The minimum atomic E-state index is -0.189. The van der Waals surface area contributed by atoms with Crippen LogP contribution in [0, 0.1) is 0 Å². The Hall–Kier alpha value is -4.72. The van der Waals surface area contributed by atoms with E-state index in [2.05, 4.69) is 25.9 Å². The largest absolute Gasteiger partial charge is 0.497 e. The van der Waals surface area contributed by atoms with Gasteiger partial charge in [0, 0.05) is 42.2 Å². The molecule has 0 aliphatic carbocycles. The standard InChI is InChI=1S/C27H25N5O3/c1-18(33)30-22-11-9-20(10-12-22)25-13-14-28-27(32-25)31-23-7-4-6-21(16-23)26(34)29-17-19-5-3-8-24(15-19)35-2/h3-16H,17H2,1-2H3,(H,29,34)(H,30,33)(H,28,31,32). The SMILES string of the molecule is COc1cccc(CNC(=O)c2cccc(Nc3nccc(-c4ccc(NC(C)=O)cc4)n3)c2)c1. The number of benzene rings is 3. The topological polar surface area (TPSA) is 105 Å². The number of rotatable bonds is 8. The number of amides is 2. The molecule has 0 unspecified atom stereocenters. The molecular formula is C27H25N5O3. The van der Waals surface area contributed by atoms with Gasteiger partial charge in [-0.2, -0.15) is 0 Å². The number of carbonyl (C=O) groups excluding carboxylic acids is 2. The van der Waals surface area contributed by atoms with Crippen LogP contribution in [-0.4, -0.2) is 28.9 Å². The monoisotopic (exact) mass is 467 g/mol. The molecule has 1 heterocycles. The summed E-state index contributed by atoms with van der Waals surface area (Å²) in [5, 5.41) is 8.83. The predicted octanol–water partition coefficient (Wildman–Crippen LogP) is 4.78. The molecule has 176 valence electrons. The maximum Gasteiger partial charge on any atom is 0.251 e. The minimum Gasteiger partial charge on any atom is -0.497 e. The van der Waals surface area contributed by atoms with Crippen molar-refractivity contribution >= 4 is 29.1 Å². The van der Waals surface area contributed by atoms with Crippen LogP contribution in [0.25, 0.3) is 11.3 Å². The lowest BCUT2D eigenvalue weighted by Crippen LogP contribution is -2.22. The zero-order chi connectivity index (χ0) is 24.6. The van der Waals surface area contributed by atoms with Gasteiger partial charge in [-0.15, -0.1) is 0 Å². The first-order chi connectivity index (χ1) is 17.0. The van der Waals surface area contributed by atoms with Crippen LogP contribution < -0.4 is 20.7 Å². The van der Waals surface area contributed by atoms with Crippen molar-refractivity contribution in [2.75, 3.05) is 17.7 Å². The fraction of sp³-hybridized carbons (Fsp3) is 0.111. The van der Waals surface area contributed by atoms with Gasteiger partial charge in [0.15, 0.2) is 0 Å². The third kappa shape index (κ3) is 6.42. The first-order valence-corrected chi connectivity index (χ1v) is 11.0. The second-order valence-corrected chi connectivity index (χ2v) is 7.76. The minimum absolute atomic E-state index is 0.123. The molecule has 0 bridgehead atoms. The summed E-state index contributed by atoms with van der Waals surface area (Å²) in [4.78, 5) is 32.8. The van der Waals surface area contributed by atoms with Crippen LogP contribution in [0.5, 0.6) is 5.75 Å². The molecule has 0 spiro atoms. The number of hydrogen-bond donors (Lipinski definition) is 3. The lowest BCUT2D eigenvalue weighted by molar-refractivity contribution is -0.114. The van der Waals surface area contributed by atoms with Crippen LogP contribution in [0.2, 0.25) is 0 Å². The van der Waals surface area contributed by atoms with Gasteiger partial charge in [0.25, 0.3) is 5.91 Å². The summed E-state index contributed by atoms with van der Waals surface area (Å²) in [6.45, 7) is 1.86. The van der Waals surface area contributed by atoms with E-state index in [0.717, 1.165) is 28.3 Å². The number of nitrogens with zero attached hydrogens (tertiary/aromatic N) is 2.